The third kappa shape index (κ3) is 8.53. The highest BCUT2D eigenvalue weighted by molar-refractivity contribution is 5.98. The quantitative estimate of drug-likeness (QED) is 0.279. The van der Waals surface area contributed by atoms with Crippen molar-refractivity contribution in [3.05, 3.63) is 71.9 Å². The lowest BCUT2D eigenvalue weighted by atomic mass is 10.0. The van der Waals surface area contributed by atoms with Crippen LogP contribution in [0.1, 0.15) is 41.8 Å². The fourth-order valence-electron chi connectivity index (χ4n) is 3.56. The second kappa shape index (κ2) is 13.9. The Morgan fingerprint density at radius 2 is 1.76 bits per heavy atom. The summed E-state index contributed by atoms with van der Waals surface area (Å²) in [5, 5.41) is 10.8. The van der Waals surface area contributed by atoms with Crippen LogP contribution in [0, 0.1) is 0 Å². The number of nitrogens with one attached hydrogen (secondary N) is 1. The zero-order valence-corrected chi connectivity index (χ0v) is 21.8. The predicted octanol–water partition coefficient (Wildman–Crippen LogP) is 3.36. The van der Waals surface area contributed by atoms with E-state index in [9.17, 15) is 9.59 Å². The molecule has 37 heavy (non-hydrogen) atoms. The Hall–Kier alpha value is -4.05. The van der Waals surface area contributed by atoms with Gasteiger partial charge in [0.05, 0.1) is 25.3 Å². The molecule has 1 N–H and O–H groups in total. The first-order valence-electron chi connectivity index (χ1n) is 12.2. The fourth-order valence-corrected chi connectivity index (χ4v) is 3.56. The number of benzene rings is 2. The van der Waals surface area contributed by atoms with Crippen LogP contribution in [0.3, 0.4) is 0 Å². The summed E-state index contributed by atoms with van der Waals surface area (Å²) in [5.74, 6) is 0.307. The third-order valence-corrected chi connectivity index (χ3v) is 5.59. The van der Waals surface area contributed by atoms with Gasteiger partial charge in [0.2, 0.25) is 11.8 Å². The highest BCUT2D eigenvalue weighted by Gasteiger charge is 2.21. The maximum absolute atomic E-state index is 13.5. The molecule has 1 heterocycles. The lowest BCUT2D eigenvalue weighted by Crippen LogP contribution is -2.35. The number of hydrogen-bond acceptors (Lipinski definition) is 8. The molecule has 3 rings (SSSR count). The van der Waals surface area contributed by atoms with E-state index in [4.69, 9.17) is 9.36 Å². The second-order valence-electron chi connectivity index (χ2n) is 8.73. The van der Waals surface area contributed by atoms with Crippen molar-refractivity contribution >= 4 is 17.5 Å². The second-order valence-corrected chi connectivity index (χ2v) is 8.73. The lowest BCUT2D eigenvalue weighted by Gasteiger charge is -2.21. The minimum Gasteiger partial charge on any atom is -0.399 e. The van der Waals surface area contributed by atoms with Crippen LogP contribution in [-0.4, -0.2) is 71.8 Å². The molecule has 0 saturated heterocycles. The van der Waals surface area contributed by atoms with E-state index < -0.39 is 0 Å². The average molecular weight is 507 g/mol. The number of nitrogens with zero attached hydrogens (tertiary/aromatic N) is 5. The zero-order valence-electron chi connectivity index (χ0n) is 21.8. The van der Waals surface area contributed by atoms with Gasteiger partial charge >= 0.3 is 0 Å². The Bertz CT molecular complexity index is 1180. The molecule has 1 aromatic heterocycles. The van der Waals surface area contributed by atoms with Gasteiger partial charge in [-0.3, -0.25) is 9.59 Å². The summed E-state index contributed by atoms with van der Waals surface area (Å²) < 4.78 is 5.29. The molecule has 0 aliphatic carbocycles. The monoisotopic (exact) mass is 506 g/mol. The minimum absolute atomic E-state index is 0.104. The molecule has 0 unspecified atom stereocenters. The Balaban J connectivity index is 1.72. The van der Waals surface area contributed by atoms with E-state index in [1.165, 1.54) is 7.11 Å². The van der Waals surface area contributed by atoms with E-state index in [-0.39, 0.29) is 37.3 Å². The molecule has 10 nitrogen and oxygen atoms in total. The Morgan fingerprint density at radius 1 is 1.05 bits per heavy atom. The molecule has 0 bridgehead atoms. The van der Waals surface area contributed by atoms with Gasteiger partial charge in [0.1, 0.15) is 7.11 Å². The molecule has 0 aliphatic rings. The SMILES string of the molecule is CC/C(CN(Cc1noc(CNC(=O)CCN(C)C)n1)C(=O)c1ccc(-c2ccccc2)cc1)=N\OC. The lowest BCUT2D eigenvalue weighted by molar-refractivity contribution is -0.121. The first-order chi connectivity index (χ1) is 17.9. The Labute approximate surface area is 217 Å². The van der Waals surface area contributed by atoms with Gasteiger partial charge in [0, 0.05) is 18.5 Å². The van der Waals surface area contributed by atoms with Crippen molar-refractivity contribution in [2.45, 2.75) is 32.9 Å². The molecule has 0 spiro atoms. The largest absolute Gasteiger partial charge is 0.399 e. The number of aromatic nitrogens is 2. The maximum atomic E-state index is 13.5. The molecule has 2 amide bonds. The van der Waals surface area contributed by atoms with Crippen LogP contribution in [0.5, 0.6) is 0 Å². The van der Waals surface area contributed by atoms with Crippen molar-refractivity contribution in [1.82, 2.24) is 25.3 Å². The predicted molar refractivity (Wildman–Crippen MR) is 141 cm³/mol. The number of carbonyl (C=O) groups excluding carboxylic acids is 2. The van der Waals surface area contributed by atoms with Gasteiger partial charge in [-0.1, -0.05) is 59.7 Å². The molecule has 2 aromatic carbocycles. The van der Waals surface area contributed by atoms with Crippen molar-refractivity contribution in [3.8, 4) is 11.1 Å². The molecule has 0 aliphatic heterocycles. The first kappa shape index (κ1) is 27.5. The van der Waals surface area contributed by atoms with Crippen LogP contribution in [0.25, 0.3) is 11.1 Å². The molecule has 0 atom stereocenters. The van der Waals surface area contributed by atoms with Gasteiger partial charge in [-0.25, -0.2) is 0 Å². The van der Waals surface area contributed by atoms with Crippen LogP contribution in [0.15, 0.2) is 64.3 Å². The topological polar surface area (TPSA) is 113 Å². The average Bonchev–Trinajstić information content (AvgIpc) is 3.37. The van der Waals surface area contributed by atoms with Gasteiger partial charge in [-0.15, -0.1) is 0 Å². The van der Waals surface area contributed by atoms with Crippen LogP contribution in [0.2, 0.25) is 0 Å². The van der Waals surface area contributed by atoms with Crippen molar-refractivity contribution in [3.63, 3.8) is 0 Å². The first-order valence-corrected chi connectivity index (χ1v) is 12.2. The van der Waals surface area contributed by atoms with E-state index in [2.05, 4.69) is 20.6 Å². The highest BCUT2D eigenvalue weighted by atomic mass is 16.6. The van der Waals surface area contributed by atoms with E-state index in [0.29, 0.717) is 36.5 Å². The summed E-state index contributed by atoms with van der Waals surface area (Å²) >= 11 is 0. The smallest absolute Gasteiger partial charge is 0.254 e. The highest BCUT2D eigenvalue weighted by Crippen LogP contribution is 2.20. The fraction of sp³-hybridized carbons (Fsp3) is 0.370. The molecule has 196 valence electrons. The minimum atomic E-state index is -0.194. The standard InChI is InChI=1S/C27H34N6O4/c1-5-23(30-36-4)18-33(19-24-29-26(37-31-24)17-28-25(34)15-16-32(2)3)27(35)22-13-11-21(12-14-22)20-9-7-6-8-10-20/h6-14H,5,15-19H2,1-4H3,(H,28,34)/b30-23+. The van der Waals surface area contributed by atoms with Crippen molar-refractivity contribution in [1.29, 1.82) is 0 Å². The summed E-state index contributed by atoms with van der Waals surface area (Å²) in [6.45, 7) is 3.07. The Morgan fingerprint density at radius 3 is 2.41 bits per heavy atom. The van der Waals surface area contributed by atoms with Crippen LogP contribution >= 0.6 is 0 Å². The molecule has 10 heteroatoms. The van der Waals surface area contributed by atoms with Gasteiger partial charge in [0.15, 0.2) is 5.82 Å². The molecule has 0 saturated carbocycles. The van der Waals surface area contributed by atoms with E-state index in [1.54, 1.807) is 4.90 Å². The molecular formula is C27H34N6O4. The van der Waals surface area contributed by atoms with E-state index in [0.717, 1.165) is 11.1 Å². The molecule has 0 fully saturated rings. The summed E-state index contributed by atoms with van der Waals surface area (Å²) in [5.41, 5.74) is 3.33. The van der Waals surface area contributed by atoms with Gasteiger partial charge in [0.25, 0.3) is 5.91 Å². The third-order valence-electron chi connectivity index (χ3n) is 5.59. The van der Waals surface area contributed by atoms with Crippen molar-refractivity contribution < 1.29 is 18.9 Å². The molecular weight excluding hydrogens is 472 g/mol. The summed E-state index contributed by atoms with van der Waals surface area (Å²) in [6.07, 6.45) is 0.985. The summed E-state index contributed by atoms with van der Waals surface area (Å²) in [4.78, 5) is 38.3. The summed E-state index contributed by atoms with van der Waals surface area (Å²) in [6, 6.07) is 17.4. The van der Waals surface area contributed by atoms with Gasteiger partial charge < -0.3 is 24.5 Å². The normalized spacial score (nSPS) is 11.4. The zero-order chi connectivity index (χ0) is 26.6. The number of rotatable bonds is 13. The van der Waals surface area contributed by atoms with E-state index >= 15 is 0 Å². The van der Waals surface area contributed by atoms with Crippen molar-refractivity contribution in [2.24, 2.45) is 5.16 Å². The number of amides is 2. The summed E-state index contributed by atoms with van der Waals surface area (Å²) in [7, 11) is 5.29. The molecule has 3 aromatic rings. The van der Waals surface area contributed by atoms with E-state index in [1.807, 2.05) is 80.5 Å². The van der Waals surface area contributed by atoms with Crippen LogP contribution in [0.4, 0.5) is 0 Å². The number of carbonyl (C=O) groups is 2. The van der Waals surface area contributed by atoms with Crippen LogP contribution in [-0.2, 0) is 22.7 Å². The van der Waals surface area contributed by atoms with Crippen molar-refractivity contribution in [2.75, 3.05) is 34.3 Å². The van der Waals surface area contributed by atoms with Gasteiger partial charge in [-0.2, -0.15) is 4.98 Å². The Kier molecular flexibility index (Phi) is 10.3. The number of hydrogen-bond donors (Lipinski definition) is 1. The van der Waals surface area contributed by atoms with Crippen LogP contribution < -0.4 is 5.32 Å². The number of oxime groups is 1. The van der Waals surface area contributed by atoms with Gasteiger partial charge in [-0.05, 0) is 43.8 Å². The maximum Gasteiger partial charge on any atom is 0.254 e. The molecule has 0 radical (unpaired) electrons.